The van der Waals surface area contributed by atoms with Gasteiger partial charge in [-0.25, -0.2) is 4.68 Å². The third kappa shape index (κ3) is 3.33. The fourth-order valence-electron chi connectivity index (χ4n) is 2.58. The Morgan fingerprint density at radius 1 is 1.38 bits per heavy atom. The smallest absolute Gasteiger partial charge is 0.269 e. The number of nitro groups is 1. The molecule has 0 saturated heterocycles. The largest absolute Gasteiger partial charge is 0.396 e. The molecule has 0 spiro atoms. The number of aliphatic hydroxyl groups is 1. The molecule has 0 unspecified atom stereocenters. The molecule has 2 aromatic rings. The second-order valence-corrected chi connectivity index (χ2v) is 5.59. The quantitative estimate of drug-likeness (QED) is 0.490. The minimum absolute atomic E-state index is 0.00432. The van der Waals surface area contributed by atoms with Crippen LogP contribution >= 0.6 is 0 Å². The Labute approximate surface area is 137 Å². The van der Waals surface area contributed by atoms with Gasteiger partial charge in [0.1, 0.15) is 0 Å². The molecular formula is C16H16N4O4. The normalized spacial score (nSPS) is 19.4. The van der Waals surface area contributed by atoms with Gasteiger partial charge in [0.05, 0.1) is 22.4 Å². The third-order valence-corrected chi connectivity index (χ3v) is 3.89. The van der Waals surface area contributed by atoms with Crippen LogP contribution in [-0.4, -0.2) is 38.4 Å². The van der Waals surface area contributed by atoms with Crippen molar-refractivity contribution in [1.29, 1.82) is 0 Å². The Morgan fingerprint density at radius 3 is 2.75 bits per heavy atom. The summed E-state index contributed by atoms with van der Waals surface area (Å²) in [4.78, 5) is 22.4. The van der Waals surface area contributed by atoms with E-state index < -0.39 is 4.92 Å². The monoisotopic (exact) mass is 328 g/mol. The zero-order chi connectivity index (χ0) is 17.1. The first-order valence-corrected chi connectivity index (χ1v) is 7.46. The lowest BCUT2D eigenvalue weighted by atomic mass is 10.1. The number of carbonyl (C=O) groups is 1. The summed E-state index contributed by atoms with van der Waals surface area (Å²) in [5.41, 5.74) is 1.02. The fourth-order valence-corrected chi connectivity index (χ4v) is 2.58. The first kappa shape index (κ1) is 15.9. The Bertz CT molecular complexity index is 782. The molecule has 2 atom stereocenters. The number of nitro benzene ring substituents is 1. The number of carbonyl (C=O) groups excluding carboxylic acids is 1. The summed E-state index contributed by atoms with van der Waals surface area (Å²) in [6.45, 7) is 0.0704. The molecule has 8 heteroatoms. The van der Waals surface area contributed by atoms with Crippen LogP contribution < -0.4 is 5.32 Å². The number of hydrogen-bond donors (Lipinski definition) is 2. The highest BCUT2D eigenvalue weighted by Crippen LogP contribution is 2.18. The standard InChI is InChI=1S/C16H16N4O4/c21-10-11-1-2-13(7-11)18-16(22)12-8-17-19(9-12)14-3-5-15(6-4-14)20(23)24/h1-6,8-9,11,13,21H,7,10H2,(H,18,22)/t11-,13+/m0/s1. The maximum absolute atomic E-state index is 12.2. The van der Waals surface area contributed by atoms with Gasteiger partial charge in [-0.05, 0) is 18.6 Å². The van der Waals surface area contributed by atoms with E-state index in [0.717, 1.165) is 0 Å². The van der Waals surface area contributed by atoms with E-state index in [-0.39, 0.29) is 30.2 Å². The molecule has 0 bridgehead atoms. The van der Waals surface area contributed by atoms with Crippen molar-refractivity contribution in [2.75, 3.05) is 6.61 Å². The number of non-ortho nitro benzene ring substituents is 1. The van der Waals surface area contributed by atoms with Crippen LogP contribution in [0.25, 0.3) is 5.69 Å². The van der Waals surface area contributed by atoms with E-state index >= 15 is 0 Å². The first-order valence-electron chi connectivity index (χ1n) is 7.46. The molecule has 0 fully saturated rings. The van der Waals surface area contributed by atoms with E-state index in [1.807, 2.05) is 12.2 Å². The molecule has 1 aromatic carbocycles. The number of aromatic nitrogens is 2. The summed E-state index contributed by atoms with van der Waals surface area (Å²) < 4.78 is 1.49. The van der Waals surface area contributed by atoms with Crippen LogP contribution in [0.5, 0.6) is 0 Å². The molecule has 24 heavy (non-hydrogen) atoms. The van der Waals surface area contributed by atoms with Gasteiger partial charge in [-0.3, -0.25) is 14.9 Å². The summed E-state index contributed by atoms with van der Waals surface area (Å²) in [5, 5.41) is 26.7. The molecule has 1 heterocycles. The average Bonchev–Trinajstić information content (AvgIpc) is 3.24. The van der Waals surface area contributed by atoms with Gasteiger partial charge in [0.15, 0.2) is 0 Å². The highest BCUT2D eigenvalue weighted by atomic mass is 16.6. The maximum Gasteiger partial charge on any atom is 0.269 e. The van der Waals surface area contributed by atoms with Crippen LogP contribution in [-0.2, 0) is 0 Å². The third-order valence-electron chi connectivity index (χ3n) is 3.89. The fraction of sp³-hybridized carbons (Fsp3) is 0.250. The maximum atomic E-state index is 12.2. The van der Waals surface area contributed by atoms with E-state index in [9.17, 15) is 14.9 Å². The second-order valence-electron chi connectivity index (χ2n) is 5.59. The molecule has 1 amide bonds. The minimum atomic E-state index is -0.472. The number of nitrogens with zero attached hydrogens (tertiary/aromatic N) is 3. The number of aliphatic hydroxyl groups excluding tert-OH is 1. The molecule has 0 saturated carbocycles. The second kappa shape index (κ2) is 6.63. The molecule has 0 radical (unpaired) electrons. The lowest BCUT2D eigenvalue weighted by Crippen LogP contribution is -2.32. The van der Waals surface area contributed by atoms with E-state index in [2.05, 4.69) is 10.4 Å². The van der Waals surface area contributed by atoms with Crippen LogP contribution in [0.4, 0.5) is 5.69 Å². The Hall–Kier alpha value is -3.00. The minimum Gasteiger partial charge on any atom is -0.396 e. The highest BCUT2D eigenvalue weighted by molar-refractivity contribution is 5.94. The summed E-state index contributed by atoms with van der Waals surface area (Å²) in [7, 11) is 0. The van der Waals surface area contributed by atoms with Gasteiger partial charge in [-0.15, -0.1) is 0 Å². The molecule has 2 N–H and O–H groups in total. The van der Waals surface area contributed by atoms with Crippen molar-refractivity contribution < 1.29 is 14.8 Å². The molecule has 8 nitrogen and oxygen atoms in total. The molecular weight excluding hydrogens is 312 g/mol. The topological polar surface area (TPSA) is 110 Å². The first-order chi connectivity index (χ1) is 11.6. The van der Waals surface area contributed by atoms with Crippen molar-refractivity contribution in [3.8, 4) is 5.69 Å². The van der Waals surface area contributed by atoms with Gasteiger partial charge >= 0.3 is 0 Å². The van der Waals surface area contributed by atoms with E-state index in [0.29, 0.717) is 17.7 Å². The summed E-state index contributed by atoms with van der Waals surface area (Å²) in [6.07, 6.45) is 7.46. The van der Waals surface area contributed by atoms with Gasteiger partial charge in [0.25, 0.3) is 11.6 Å². The summed E-state index contributed by atoms with van der Waals surface area (Å²) in [5.74, 6) is -0.172. The molecule has 1 aliphatic carbocycles. The molecule has 1 aliphatic rings. The van der Waals surface area contributed by atoms with E-state index in [1.54, 1.807) is 18.3 Å². The Balaban J connectivity index is 1.67. The van der Waals surface area contributed by atoms with Crippen molar-refractivity contribution in [1.82, 2.24) is 15.1 Å². The lowest BCUT2D eigenvalue weighted by Gasteiger charge is -2.11. The zero-order valence-corrected chi connectivity index (χ0v) is 12.7. The molecule has 0 aliphatic heterocycles. The van der Waals surface area contributed by atoms with Crippen LogP contribution in [0.15, 0.2) is 48.8 Å². The van der Waals surface area contributed by atoms with Crippen molar-refractivity contribution in [2.45, 2.75) is 12.5 Å². The van der Waals surface area contributed by atoms with Crippen LogP contribution in [0.1, 0.15) is 16.8 Å². The van der Waals surface area contributed by atoms with Gasteiger partial charge in [0.2, 0.25) is 0 Å². The molecule has 1 aromatic heterocycles. The molecule has 124 valence electrons. The van der Waals surface area contributed by atoms with Crippen LogP contribution in [0.3, 0.4) is 0 Å². The Morgan fingerprint density at radius 2 is 2.12 bits per heavy atom. The average molecular weight is 328 g/mol. The summed E-state index contributed by atoms with van der Waals surface area (Å²) in [6, 6.07) is 5.80. The van der Waals surface area contributed by atoms with Crippen LogP contribution in [0, 0.1) is 16.0 Å². The number of hydrogen-bond acceptors (Lipinski definition) is 5. The lowest BCUT2D eigenvalue weighted by molar-refractivity contribution is -0.384. The zero-order valence-electron chi connectivity index (χ0n) is 12.7. The van der Waals surface area contributed by atoms with E-state index in [1.165, 1.54) is 23.0 Å². The highest BCUT2D eigenvalue weighted by Gasteiger charge is 2.21. The van der Waals surface area contributed by atoms with Crippen molar-refractivity contribution in [3.05, 3.63) is 64.5 Å². The number of benzene rings is 1. The van der Waals surface area contributed by atoms with Gasteiger partial charge < -0.3 is 10.4 Å². The van der Waals surface area contributed by atoms with Gasteiger partial charge in [-0.2, -0.15) is 5.10 Å². The predicted octanol–water partition coefficient (Wildman–Crippen LogP) is 1.45. The number of rotatable bonds is 5. The number of amides is 1. The Kier molecular flexibility index (Phi) is 4.39. The van der Waals surface area contributed by atoms with Crippen molar-refractivity contribution >= 4 is 11.6 Å². The van der Waals surface area contributed by atoms with Gasteiger partial charge in [0, 0.05) is 36.9 Å². The molecule has 3 rings (SSSR count). The SMILES string of the molecule is O=C(N[C@@H]1C=C[C@H](CO)C1)c1cnn(-c2ccc([N+](=O)[O-])cc2)c1. The van der Waals surface area contributed by atoms with Gasteiger partial charge in [-0.1, -0.05) is 12.2 Å². The van der Waals surface area contributed by atoms with Crippen molar-refractivity contribution in [3.63, 3.8) is 0 Å². The predicted molar refractivity (Wildman–Crippen MR) is 85.8 cm³/mol. The van der Waals surface area contributed by atoms with E-state index in [4.69, 9.17) is 5.11 Å². The summed E-state index contributed by atoms with van der Waals surface area (Å²) >= 11 is 0. The number of nitrogens with one attached hydrogen (secondary N) is 1. The van der Waals surface area contributed by atoms with Crippen LogP contribution in [0.2, 0.25) is 0 Å². The van der Waals surface area contributed by atoms with Crippen molar-refractivity contribution in [2.24, 2.45) is 5.92 Å².